The fourth-order valence-corrected chi connectivity index (χ4v) is 5.32. The summed E-state index contributed by atoms with van der Waals surface area (Å²) in [5, 5.41) is 5.83. The molecule has 30 heavy (non-hydrogen) atoms. The highest BCUT2D eigenvalue weighted by Gasteiger charge is 2.25. The molecule has 1 fully saturated rings. The predicted octanol–water partition coefficient (Wildman–Crippen LogP) is 4.57. The Balaban J connectivity index is 1.55. The van der Waals surface area contributed by atoms with Crippen molar-refractivity contribution in [2.75, 3.05) is 13.1 Å². The van der Waals surface area contributed by atoms with Gasteiger partial charge < -0.3 is 10.6 Å². The lowest BCUT2D eigenvalue weighted by Crippen LogP contribution is -2.37. The number of nitrogens with one attached hydrogen (secondary N) is 2. The van der Waals surface area contributed by atoms with Gasteiger partial charge in [0, 0.05) is 24.1 Å². The Morgan fingerprint density at radius 1 is 1.03 bits per heavy atom. The molecule has 6 nitrogen and oxygen atoms in total. The lowest BCUT2D eigenvalue weighted by molar-refractivity contribution is 0.236. The summed E-state index contributed by atoms with van der Waals surface area (Å²) in [6.45, 7) is 3.52. The fourth-order valence-electron chi connectivity index (χ4n) is 3.54. The Morgan fingerprint density at radius 3 is 2.27 bits per heavy atom. The largest absolute Gasteiger partial charge is 0.334 e. The summed E-state index contributed by atoms with van der Waals surface area (Å²) in [5.41, 5.74) is 1.89. The van der Waals surface area contributed by atoms with Gasteiger partial charge in [0.1, 0.15) is 0 Å². The molecule has 0 aromatic heterocycles. The molecule has 0 aliphatic carbocycles. The van der Waals surface area contributed by atoms with E-state index in [-0.39, 0.29) is 12.1 Å². The summed E-state index contributed by atoms with van der Waals surface area (Å²) in [7, 11) is -3.43. The third kappa shape index (κ3) is 5.83. The summed E-state index contributed by atoms with van der Waals surface area (Å²) in [6, 6.07) is 14.3. The van der Waals surface area contributed by atoms with Crippen LogP contribution in [0.15, 0.2) is 57.9 Å². The maximum Gasteiger partial charge on any atom is 0.315 e. The number of carbonyl (C=O) groups excluding carboxylic acids is 1. The average molecular weight is 494 g/mol. The van der Waals surface area contributed by atoms with E-state index in [1.807, 2.05) is 31.2 Å². The normalized spacial score (nSPS) is 16.1. The van der Waals surface area contributed by atoms with Crippen molar-refractivity contribution in [3.63, 3.8) is 0 Å². The molecule has 1 heterocycles. The highest BCUT2D eigenvalue weighted by atomic mass is 79.9. The average Bonchev–Trinajstić information content (AvgIpc) is 2.77. The van der Waals surface area contributed by atoms with E-state index < -0.39 is 10.0 Å². The maximum atomic E-state index is 12.7. The van der Waals surface area contributed by atoms with Gasteiger partial charge in [0.2, 0.25) is 10.0 Å². The van der Waals surface area contributed by atoms with Crippen LogP contribution in [0.3, 0.4) is 0 Å². The third-order valence-corrected chi connectivity index (χ3v) is 7.76. The zero-order valence-electron chi connectivity index (χ0n) is 17.1. The van der Waals surface area contributed by atoms with E-state index in [0.29, 0.717) is 24.5 Å². The Labute approximate surface area is 187 Å². The van der Waals surface area contributed by atoms with Crippen LogP contribution in [0.5, 0.6) is 0 Å². The van der Waals surface area contributed by atoms with Crippen LogP contribution in [0, 0.1) is 0 Å². The van der Waals surface area contributed by atoms with Crippen molar-refractivity contribution >= 4 is 32.0 Å². The number of sulfonamides is 1. The van der Waals surface area contributed by atoms with Gasteiger partial charge in [-0.25, -0.2) is 13.2 Å². The quantitative estimate of drug-likeness (QED) is 0.592. The zero-order valence-corrected chi connectivity index (χ0v) is 19.5. The molecule has 2 amide bonds. The minimum absolute atomic E-state index is 0.0739. The number of urea groups is 1. The minimum atomic E-state index is -3.43. The van der Waals surface area contributed by atoms with Crippen LogP contribution in [0.1, 0.15) is 49.8 Å². The van der Waals surface area contributed by atoms with Crippen molar-refractivity contribution in [3.05, 3.63) is 64.1 Å². The fraction of sp³-hybridized carbons (Fsp3) is 0.409. The summed E-state index contributed by atoms with van der Waals surface area (Å²) < 4.78 is 28.0. The molecular weight excluding hydrogens is 466 g/mol. The number of piperidine rings is 1. The van der Waals surface area contributed by atoms with E-state index in [1.165, 1.54) is 0 Å². The summed E-state index contributed by atoms with van der Waals surface area (Å²) >= 11 is 3.42. The van der Waals surface area contributed by atoms with Gasteiger partial charge in [-0.1, -0.05) is 53.5 Å². The molecule has 0 bridgehead atoms. The van der Waals surface area contributed by atoms with Crippen LogP contribution in [0.25, 0.3) is 0 Å². The highest BCUT2D eigenvalue weighted by molar-refractivity contribution is 9.10. The molecule has 1 atom stereocenters. The van der Waals surface area contributed by atoms with Crippen molar-refractivity contribution in [2.45, 2.75) is 50.1 Å². The van der Waals surface area contributed by atoms with Crippen molar-refractivity contribution in [1.29, 1.82) is 0 Å². The first-order chi connectivity index (χ1) is 14.4. The number of hydrogen-bond acceptors (Lipinski definition) is 3. The van der Waals surface area contributed by atoms with Crippen LogP contribution >= 0.6 is 15.9 Å². The van der Waals surface area contributed by atoms with Gasteiger partial charge in [-0.2, -0.15) is 4.31 Å². The first-order valence-corrected chi connectivity index (χ1v) is 12.5. The second-order valence-electron chi connectivity index (χ2n) is 7.45. The van der Waals surface area contributed by atoms with Crippen molar-refractivity contribution in [2.24, 2.45) is 0 Å². The molecule has 2 aromatic rings. The Bertz CT molecular complexity index is 941. The van der Waals surface area contributed by atoms with Gasteiger partial charge in [0.05, 0.1) is 10.9 Å². The smallest absolute Gasteiger partial charge is 0.315 e. The van der Waals surface area contributed by atoms with E-state index in [0.717, 1.165) is 41.3 Å². The van der Waals surface area contributed by atoms with Crippen LogP contribution in [0.2, 0.25) is 0 Å². The number of benzene rings is 2. The van der Waals surface area contributed by atoms with E-state index in [2.05, 4.69) is 26.6 Å². The van der Waals surface area contributed by atoms with E-state index in [9.17, 15) is 13.2 Å². The zero-order chi connectivity index (χ0) is 21.6. The first-order valence-electron chi connectivity index (χ1n) is 10.3. The van der Waals surface area contributed by atoms with Crippen LogP contribution in [-0.2, 0) is 16.6 Å². The monoisotopic (exact) mass is 493 g/mol. The number of rotatable bonds is 7. The molecule has 1 aliphatic heterocycles. The molecule has 0 spiro atoms. The van der Waals surface area contributed by atoms with Gasteiger partial charge in [-0.05, 0) is 54.7 Å². The maximum absolute atomic E-state index is 12.7. The summed E-state index contributed by atoms with van der Waals surface area (Å²) in [6.07, 6.45) is 3.68. The second kappa shape index (κ2) is 10.4. The molecule has 162 valence electrons. The number of halogens is 1. The first kappa shape index (κ1) is 22.8. The van der Waals surface area contributed by atoms with Gasteiger partial charge in [-0.3, -0.25) is 0 Å². The standard InChI is InChI=1S/C22H28BrN3O3S/c1-2-21(18-8-10-19(23)11-9-18)25-22(27)24-16-17-6-12-20(13-7-17)30(28,29)26-14-4-3-5-15-26/h6-13,21H,2-5,14-16H2,1H3,(H2,24,25,27). The Morgan fingerprint density at radius 2 is 1.67 bits per heavy atom. The van der Waals surface area contributed by atoms with Gasteiger partial charge >= 0.3 is 6.03 Å². The molecule has 2 aromatic carbocycles. The molecule has 1 aliphatic rings. The van der Waals surface area contributed by atoms with Crippen molar-refractivity contribution in [1.82, 2.24) is 14.9 Å². The number of hydrogen-bond donors (Lipinski definition) is 2. The lowest BCUT2D eigenvalue weighted by Gasteiger charge is -2.25. The Kier molecular flexibility index (Phi) is 7.91. The SMILES string of the molecule is CCC(NC(=O)NCc1ccc(S(=O)(=O)N2CCCCC2)cc1)c1ccc(Br)cc1. The second-order valence-corrected chi connectivity index (χ2v) is 10.3. The molecule has 8 heteroatoms. The summed E-state index contributed by atoms with van der Waals surface area (Å²) in [4.78, 5) is 12.6. The molecular formula is C22H28BrN3O3S. The third-order valence-electron chi connectivity index (χ3n) is 5.32. The van der Waals surface area contributed by atoms with Gasteiger partial charge in [-0.15, -0.1) is 0 Å². The molecule has 0 saturated carbocycles. The Hall–Kier alpha value is -1.90. The molecule has 2 N–H and O–H groups in total. The van der Waals surface area contributed by atoms with Crippen molar-refractivity contribution < 1.29 is 13.2 Å². The van der Waals surface area contributed by atoms with E-state index >= 15 is 0 Å². The summed E-state index contributed by atoms with van der Waals surface area (Å²) in [5.74, 6) is 0. The number of carbonyl (C=O) groups is 1. The van der Waals surface area contributed by atoms with Gasteiger partial charge in [0.25, 0.3) is 0 Å². The van der Waals surface area contributed by atoms with Crippen LogP contribution in [0.4, 0.5) is 4.79 Å². The molecule has 3 rings (SSSR count). The van der Waals surface area contributed by atoms with E-state index in [4.69, 9.17) is 0 Å². The minimum Gasteiger partial charge on any atom is -0.334 e. The van der Waals surface area contributed by atoms with E-state index in [1.54, 1.807) is 28.6 Å². The predicted molar refractivity (Wildman–Crippen MR) is 122 cm³/mol. The molecule has 1 unspecified atom stereocenters. The highest BCUT2D eigenvalue weighted by Crippen LogP contribution is 2.21. The number of amides is 2. The van der Waals surface area contributed by atoms with Crippen LogP contribution < -0.4 is 10.6 Å². The number of nitrogens with zero attached hydrogens (tertiary/aromatic N) is 1. The van der Waals surface area contributed by atoms with Crippen molar-refractivity contribution in [3.8, 4) is 0 Å². The molecule has 0 radical (unpaired) electrons. The topological polar surface area (TPSA) is 78.5 Å². The van der Waals surface area contributed by atoms with Crippen LogP contribution in [-0.4, -0.2) is 31.8 Å². The molecule has 1 saturated heterocycles. The van der Waals surface area contributed by atoms with Gasteiger partial charge in [0.15, 0.2) is 0 Å². The lowest BCUT2D eigenvalue weighted by atomic mass is 10.1.